The van der Waals surface area contributed by atoms with Gasteiger partial charge in [-0.15, -0.1) is 0 Å². The van der Waals surface area contributed by atoms with Gasteiger partial charge in [-0.25, -0.2) is 4.98 Å². The van der Waals surface area contributed by atoms with Crippen LogP contribution in [0, 0.1) is 0 Å². The summed E-state index contributed by atoms with van der Waals surface area (Å²) in [6.45, 7) is 6.67. The number of anilines is 2. The molecule has 7 rings (SSSR count). The van der Waals surface area contributed by atoms with E-state index >= 15 is 0 Å². The molecule has 50 heavy (non-hydrogen) atoms. The van der Waals surface area contributed by atoms with Crippen LogP contribution in [0.25, 0.3) is 0 Å². The van der Waals surface area contributed by atoms with Crippen LogP contribution in [-0.2, 0) is 25.2 Å². The number of carbonyl (C=O) groups is 3. The van der Waals surface area contributed by atoms with Crippen molar-refractivity contribution in [1.82, 2.24) is 29.6 Å². The monoisotopic (exact) mass is 674 g/mol. The first-order chi connectivity index (χ1) is 24.2. The molecule has 3 aliphatic rings. The minimum Gasteiger partial charge on any atom is -0.369 e. The molecule has 1 aromatic heterocycles. The summed E-state index contributed by atoms with van der Waals surface area (Å²) in [5.74, 6) is 0.0919. The van der Waals surface area contributed by atoms with Crippen molar-refractivity contribution in [1.29, 1.82) is 0 Å². The summed E-state index contributed by atoms with van der Waals surface area (Å²) in [6, 6.07) is 23.2. The molecular formula is C39H46N8O3. The summed E-state index contributed by atoms with van der Waals surface area (Å²) in [4.78, 5) is 52.0. The molecule has 0 bridgehead atoms. The molecule has 1 saturated heterocycles. The maximum atomic E-state index is 13.4. The Labute approximate surface area is 293 Å². The molecule has 0 radical (unpaired) electrons. The number of hydrogen-bond donors (Lipinski definition) is 2. The van der Waals surface area contributed by atoms with Crippen molar-refractivity contribution < 1.29 is 14.4 Å². The van der Waals surface area contributed by atoms with E-state index in [4.69, 9.17) is 0 Å². The quantitative estimate of drug-likeness (QED) is 0.271. The van der Waals surface area contributed by atoms with E-state index in [1.165, 1.54) is 5.56 Å². The minimum atomic E-state index is -0.197. The van der Waals surface area contributed by atoms with Gasteiger partial charge in [0.25, 0.3) is 17.7 Å². The smallest absolute Gasteiger partial charge is 0.287 e. The fourth-order valence-corrected chi connectivity index (χ4v) is 7.36. The Kier molecular flexibility index (Phi) is 9.44. The van der Waals surface area contributed by atoms with Crippen molar-refractivity contribution in [2.45, 2.75) is 44.4 Å². The molecule has 3 aromatic carbocycles. The summed E-state index contributed by atoms with van der Waals surface area (Å²) < 4.78 is 2.10. The molecule has 4 aromatic rings. The average Bonchev–Trinajstić information content (AvgIpc) is 3.55. The lowest BCUT2D eigenvalue weighted by atomic mass is 9.72. The zero-order valence-electron chi connectivity index (χ0n) is 29.2. The number of rotatable bonds is 9. The fraction of sp³-hybridized carbons (Fsp3) is 0.385. The Balaban J connectivity index is 0.934. The highest BCUT2D eigenvalue weighted by atomic mass is 16.2. The number of fused-ring (bicyclic) bond motifs is 2. The number of benzene rings is 3. The largest absolute Gasteiger partial charge is 0.369 e. The van der Waals surface area contributed by atoms with Crippen molar-refractivity contribution >= 4 is 29.1 Å². The van der Waals surface area contributed by atoms with Crippen LogP contribution in [0.5, 0.6) is 0 Å². The van der Waals surface area contributed by atoms with Gasteiger partial charge in [-0.2, -0.15) is 0 Å². The molecular weight excluding hydrogens is 628 g/mol. The second-order valence-corrected chi connectivity index (χ2v) is 14.0. The van der Waals surface area contributed by atoms with Gasteiger partial charge in [0.15, 0.2) is 5.82 Å². The molecule has 0 unspecified atom stereocenters. The number of hydrogen-bond acceptors (Lipinski definition) is 7. The molecule has 2 N–H and O–H groups in total. The van der Waals surface area contributed by atoms with Crippen LogP contribution in [0.2, 0.25) is 0 Å². The summed E-state index contributed by atoms with van der Waals surface area (Å²) in [7, 11) is 5.66. The molecule has 2 aliphatic heterocycles. The van der Waals surface area contributed by atoms with E-state index in [-0.39, 0.29) is 23.3 Å². The van der Waals surface area contributed by atoms with Crippen LogP contribution in [0.1, 0.15) is 67.4 Å². The Hall–Kier alpha value is -5.00. The van der Waals surface area contributed by atoms with Gasteiger partial charge in [0, 0.05) is 89.0 Å². The topological polar surface area (TPSA) is 106 Å². The van der Waals surface area contributed by atoms with E-state index in [1.807, 2.05) is 79.0 Å². The molecule has 11 heteroatoms. The SMILES string of the molecule is CN1CCN(c2ccc(C(=O)Nc3ccc(CNC(=O)c4ncc5n4CCN(Cc4ccc(C(=O)N(C)C)cc4)C54CCC4)cc3)cc2)CC1. The molecule has 260 valence electrons. The number of carbonyl (C=O) groups excluding carboxylic acids is 3. The Morgan fingerprint density at radius 1 is 0.780 bits per heavy atom. The predicted molar refractivity (Wildman–Crippen MR) is 194 cm³/mol. The van der Waals surface area contributed by atoms with Gasteiger partial charge in [-0.3, -0.25) is 19.3 Å². The van der Waals surface area contributed by atoms with Crippen molar-refractivity contribution in [2.75, 3.05) is 64.1 Å². The van der Waals surface area contributed by atoms with Gasteiger partial charge in [-0.1, -0.05) is 24.3 Å². The first-order valence-electron chi connectivity index (χ1n) is 17.5. The maximum Gasteiger partial charge on any atom is 0.287 e. The van der Waals surface area contributed by atoms with Gasteiger partial charge in [0.1, 0.15) is 0 Å². The lowest BCUT2D eigenvalue weighted by Gasteiger charge is -2.53. The lowest BCUT2D eigenvalue weighted by molar-refractivity contribution is -0.0217. The van der Waals surface area contributed by atoms with Crippen LogP contribution >= 0.6 is 0 Å². The molecule has 3 heterocycles. The van der Waals surface area contributed by atoms with Gasteiger partial charge < -0.3 is 29.9 Å². The van der Waals surface area contributed by atoms with Gasteiger partial charge in [0.05, 0.1) is 17.4 Å². The Bertz CT molecular complexity index is 1840. The van der Waals surface area contributed by atoms with E-state index in [0.717, 1.165) is 75.5 Å². The number of piperazine rings is 1. The predicted octanol–water partition coefficient (Wildman–Crippen LogP) is 4.41. The van der Waals surface area contributed by atoms with Crippen LogP contribution in [0.3, 0.4) is 0 Å². The second kappa shape index (κ2) is 14.1. The zero-order valence-corrected chi connectivity index (χ0v) is 29.2. The van der Waals surface area contributed by atoms with Crippen LogP contribution in [0.15, 0.2) is 79.0 Å². The minimum absolute atomic E-state index is 0.000714. The van der Waals surface area contributed by atoms with Gasteiger partial charge >= 0.3 is 0 Å². The number of amides is 3. The number of nitrogens with one attached hydrogen (secondary N) is 2. The van der Waals surface area contributed by atoms with Gasteiger partial charge in [0.2, 0.25) is 0 Å². The van der Waals surface area contributed by atoms with Crippen molar-refractivity contribution in [2.24, 2.45) is 0 Å². The zero-order chi connectivity index (χ0) is 34.8. The molecule has 2 fully saturated rings. The third kappa shape index (κ3) is 6.75. The van der Waals surface area contributed by atoms with E-state index in [2.05, 4.69) is 41.9 Å². The number of nitrogens with zero attached hydrogens (tertiary/aromatic N) is 6. The normalized spacial score (nSPS) is 17.1. The average molecular weight is 675 g/mol. The molecule has 3 amide bonds. The third-order valence-corrected chi connectivity index (χ3v) is 10.6. The van der Waals surface area contributed by atoms with Crippen molar-refractivity contribution in [3.63, 3.8) is 0 Å². The number of aromatic nitrogens is 2. The molecule has 0 atom stereocenters. The first-order valence-corrected chi connectivity index (χ1v) is 17.5. The second-order valence-electron chi connectivity index (χ2n) is 14.0. The van der Waals surface area contributed by atoms with Crippen LogP contribution in [0.4, 0.5) is 11.4 Å². The van der Waals surface area contributed by atoms with Gasteiger partial charge in [-0.05, 0) is 86.0 Å². The highest BCUT2D eigenvalue weighted by molar-refractivity contribution is 6.04. The first kappa shape index (κ1) is 33.5. The number of likely N-dealkylation sites (N-methyl/N-ethyl adjacent to an activating group) is 1. The highest BCUT2D eigenvalue weighted by Gasteiger charge is 2.49. The summed E-state index contributed by atoms with van der Waals surface area (Å²) in [5.41, 5.74) is 6.20. The molecule has 1 spiro atoms. The summed E-state index contributed by atoms with van der Waals surface area (Å²) in [5, 5.41) is 6.03. The third-order valence-electron chi connectivity index (χ3n) is 10.6. The van der Waals surface area contributed by atoms with E-state index in [1.54, 1.807) is 19.0 Å². The summed E-state index contributed by atoms with van der Waals surface area (Å²) >= 11 is 0. The Morgan fingerprint density at radius 3 is 2.08 bits per heavy atom. The van der Waals surface area contributed by atoms with Crippen LogP contribution < -0.4 is 15.5 Å². The van der Waals surface area contributed by atoms with E-state index < -0.39 is 0 Å². The molecule has 11 nitrogen and oxygen atoms in total. The van der Waals surface area contributed by atoms with Crippen LogP contribution in [-0.4, -0.2) is 95.8 Å². The number of imidazole rings is 1. The lowest BCUT2D eigenvalue weighted by Crippen LogP contribution is -2.56. The van der Waals surface area contributed by atoms with Crippen molar-refractivity contribution in [3.05, 3.63) is 113 Å². The van der Waals surface area contributed by atoms with E-state index in [0.29, 0.717) is 35.7 Å². The standard InChI is InChI=1S/C39H46N8O3/c1-43(2)38(50)31-9-5-29(6-10-31)27-46-23-24-47-34(39(46)17-4-18-39)26-40-35(47)37(49)41-25-28-7-13-32(14-8-28)42-36(48)30-11-15-33(16-12-30)45-21-19-44(3)20-22-45/h5-16,26H,4,17-25,27H2,1-3H3,(H,41,49)(H,42,48). The van der Waals surface area contributed by atoms with E-state index in [9.17, 15) is 14.4 Å². The molecule has 1 saturated carbocycles. The molecule has 1 aliphatic carbocycles. The van der Waals surface area contributed by atoms with Crippen molar-refractivity contribution in [3.8, 4) is 0 Å². The highest BCUT2D eigenvalue weighted by Crippen LogP contribution is 2.49. The maximum absolute atomic E-state index is 13.4. The summed E-state index contributed by atoms with van der Waals surface area (Å²) in [6.07, 6.45) is 5.08. The fourth-order valence-electron chi connectivity index (χ4n) is 7.36. The Morgan fingerprint density at radius 2 is 1.44 bits per heavy atom.